The third-order valence-corrected chi connectivity index (χ3v) is 3.84. The maximum absolute atomic E-state index is 12.4. The number of thiophene rings is 1. The van der Waals surface area contributed by atoms with Gasteiger partial charge in [0, 0.05) is 19.0 Å². The predicted molar refractivity (Wildman–Crippen MR) is 75.7 cm³/mol. The molecule has 2 rings (SSSR count). The van der Waals surface area contributed by atoms with Crippen molar-refractivity contribution in [3.63, 3.8) is 0 Å². The minimum absolute atomic E-state index is 0.0996. The van der Waals surface area contributed by atoms with Crippen LogP contribution in [0.5, 0.6) is 0 Å². The van der Waals surface area contributed by atoms with E-state index in [-0.39, 0.29) is 5.56 Å². The van der Waals surface area contributed by atoms with Crippen LogP contribution in [0.3, 0.4) is 0 Å². The molecule has 0 radical (unpaired) electrons. The van der Waals surface area contributed by atoms with Crippen LogP contribution in [0, 0.1) is 20.8 Å². The van der Waals surface area contributed by atoms with Crippen molar-refractivity contribution >= 4 is 27.9 Å². The average molecular weight is 264 g/mol. The molecule has 0 aliphatic rings. The lowest BCUT2D eigenvalue weighted by Gasteiger charge is -2.06. The summed E-state index contributed by atoms with van der Waals surface area (Å²) < 4.78 is 1.35. The summed E-state index contributed by atoms with van der Waals surface area (Å²) >= 11 is 1.55. The van der Waals surface area contributed by atoms with E-state index in [2.05, 4.69) is 10.1 Å². The second-order valence-corrected chi connectivity index (χ2v) is 5.64. The molecule has 0 N–H and O–H groups in total. The van der Waals surface area contributed by atoms with Crippen molar-refractivity contribution in [2.45, 2.75) is 20.8 Å². The van der Waals surface area contributed by atoms with Crippen LogP contribution in [-0.2, 0) is 0 Å². The molecule has 0 unspecified atom stereocenters. The Morgan fingerprint density at radius 3 is 2.61 bits per heavy atom. The molecule has 0 aliphatic carbocycles. The lowest BCUT2D eigenvalue weighted by atomic mass is 10.2. The van der Waals surface area contributed by atoms with E-state index in [0.717, 1.165) is 15.3 Å². The molecule has 18 heavy (non-hydrogen) atoms. The first kappa shape index (κ1) is 12.8. The third-order valence-electron chi connectivity index (χ3n) is 2.74. The Morgan fingerprint density at radius 2 is 2.00 bits per heavy atom. The zero-order chi connectivity index (χ0) is 13.4. The smallest absolute Gasteiger partial charge is 0.283 e. The van der Waals surface area contributed by atoms with E-state index >= 15 is 0 Å². The third kappa shape index (κ3) is 2.03. The maximum Gasteiger partial charge on any atom is 0.283 e. The molecule has 2 heterocycles. The summed E-state index contributed by atoms with van der Waals surface area (Å²) in [6.07, 6.45) is 1.59. The fourth-order valence-electron chi connectivity index (χ4n) is 1.68. The summed E-state index contributed by atoms with van der Waals surface area (Å²) in [4.78, 5) is 20.5. The van der Waals surface area contributed by atoms with Crippen LogP contribution in [0.4, 0.5) is 0 Å². The number of hydrogen-bond acceptors (Lipinski definition) is 4. The molecule has 0 atom stereocenters. The zero-order valence-corrected chi connectivity index (χ0v) is 12.0. The summed E-state index contributed by atoms with van der Waals surface area (Å²) in [6, 6.07) is 0. The van der Waals surface area contributed by atoms with E-state index < -0.39 is 0 Å². The Labute approximate surface area is 109 Å². The SMILES string of the molecule is Cc1sc2nc(C)n(N=CN(C)C)c(=O)c2c1C. The van der Waals surface area contributed by atoms with Gasteiger partial charge in [-0.25, -0.2) is 4.98 Å². The average Bonchev–Trinajstić information content (AvgIpc) is 2.53. The van der Waals surface area contributed by atoms with E-state index in [9.17, 15) is 4.79 Å². The highest BCUT2D eigenvalue weighted by Crippen LogP contribution is 2.25. The van der Waals surface area contributed by atoms with E-state index in [0.29, 0.717) is 11.2 Å². The van der Waals surface area contributed by atoms with Gasteiger partial charge in [0.15, 0.2) is 0 Å². The van der Waals surface area contributed by atoms with Crippen molar-refractivity contribution in [3.05, 3.63) is 26.6 Å². The first-order valence-electron chi connectivity index (χ1n) is 5.62. The molecule has 96 valence electrons. The van der Waals surface area contributed by atoms with Crippen LogP contribution < -0.4 is 5.56 Å². The van der Waals surface area contributed by atoms with Gasteiger partial charge in [-0.05, 0) is 26.3 Å². The molecule has 6 heteroatoms. The Bertz CT molecular complexity index is 681. The summed E-state index contributed by atoms with van der Waals surface area (Å²) in [7, 11) is 3.71. The number of rotatable bonds is 2. The molecule has 0 amide bonds. The van der Waals surface area contributed by atoms with Crippen LogP contribution in [0.2, 0.25) is 0 Å². The molecule has 0 spiro atoms. The van der Waals surface area contributed by atoms with Crippen molar-refractivity contribution < 1.29 is 0 Å². The molecular weight excluding hydrogens is 248 g/mol. The number of hydrogen-bond donors (Lipinski definition) is 0. The number of fused-ring (bicyclic) bond motifs is 1. The van der Waals surface area contributed by atoms with Crippen LogP contribution in [0.15, 0.2) is 9.90 Å². The number of aryl methyl sites for hydroxylation is 3. The normalized spacial score (nSPS) is 11.6. The minimum atomic E-state index is -0.0996. The monoisotopic (exact) mass is 264 g/mol. The van der Waals surface area contributed by atoms with Crippen LogP contribution in [0.1, 0.15) is 16.3 Å². The van der Waals surface area contributed by atoms with Gasteiger partial charge in [-0.1, -0.05) is 0 Å². The van der Waals surface area contributed by atoms with Gasteiger partial charge in [0.05, 0.1) is 5.39 Å². The molecular formula is C12H16N4OS. The van der Waals surface area contributed by atoms with Gasteiger partial charge >= 0.3 is 0 Å². The molecule has 2 aromatic rings. The van der Waals surface area contributed by atoms with E-state index in [1.165, 1.54) is 4.68 Å². The topological polar surface area (TPSA) is 50.5 Å². The predicted octanol–water partition coefficient (Wildman–Crippen LogP) is 1.74. The van der Waals surface area contributed by atoms with Crippen molar-refractivity contribution in [1.82, 2.24) is 14.6 Å². The summed E-state index contributed by atoms with van der Waals surface area (Å²) in [5, 5.41) is 4.83. The quantitative estimate of drug-likeness (QED) is 0.613. The molecule has 5 nitrogen and oxygen atoms in total. The molecule has 0 fully saturated rings. The largest absolute Gasteiger partial charge is 0.367 e. The molecule has 0 aromatic carbocycles. The van der Waals surface area contributed by atoms with Gasteiger partial charge in [0.1, 0.15) is 17.0 Å². The van der Waals surface area contributed by atoms with Crippen molar-refractivity contribution in [2.75, 3.05) is 14.1 Å². The fraction of sp³-hybridized carbons (Fsp3) is 0.417. The highest BCUT2D eigenvalue weighted by Gasteiger charge is 2.13. The second kappa shape index (κ2) is 4.53. The summed E-state index contributed by atoms with van der Waals surface area (Å²) in [6.45, 7) is 5.74. The molecule has 0 aliphatic heterocycles. The van der Waals surface area contributed by atoms with Gasteiger partial charge < -0.3 is 4.90 Å². The lowest BCUT2D eigenvalue weighted by molar-refractivity contribution is 0.626. The lowest BCUT2D eigenvalue weighted by Crippen LogP contribution is -2.22. The highest BCUT2D eigenvalue weighted by molar-refractivity contribution is 7.18. The van der Waals surface area contributed by atoms with Crippen LogP contribution >= 0.6 is 11.3 Å². The summed E-state index contributed by atoms with van der Waals surface area (Å²) in [5.74, 6) is 0.604. The Morgan fingerprint density at radius 1 is 1.33 bits per heavy atom. The van der Waals surface area contributed by atoms with Gasteiger partial charge in [-0.3, -0.25) is 4.79 Å². The molecule has 0 bridgehead atoms. The van der Waals surface area contributed by atoms with Crippen molar-refractivity contribution in [1.29, 1.82) is 0 Å². The first-order valence-corrected chi connectivity index (χ1v) is 6.43. The fourth-order valence-corrected chi connectivity index (χ4v) is 2.74. The highest BCUT2D eigenvalue weighted by atomic mass is 32.1. The second-order valence-electron chi connectivity index (χ2n) is 4.43. The molecule has 0 saturated heterocycles. The van der Waals surface area contributed by atoms with Crippen molar-refractivity contribution in [2.24, 2.45) is 5.10 Å². The Kier molecular flexibility index (Phi) is 3.21. The van der Waals surface area contributed by atoms with Crippen LogP contribution in [0.25, 0.3) is 10.2 Å². The molecule has 2 aromatic heterocycles. The standard InChI is InChI=1S/C12H16N4OS/c1-7-8(2)18-11-10(7)12(17)16(9(3)14-11)13-6-15(4)5/h6H,1-5H3. The number of aromatic nitrogens is 2. The van der Waals surface area contributed by atoms with Gasteiger partial charge in [0.2, 0.25) is 0 Å². The molecule has 0 saturated carbocycles. The summed E-state index contributed by atoms with van der Waals surface area (Å²) in [5.41, 5.74) is 0.902. The van der Waals surface area contributed by atoms with Crippen LogP contribution in [-0.4, -0.2) is 35.0 Å². The Hall–Kier alpha value is -1.69. The van der Waals surface area contributed by atoms with Gasteiger partial charge in [0.25, 0.3) is 5.56 Å². The van der Waals surface area contributed by atoms with Gasteiger partial charge in [-0.2, -0.15) is 9.78 Å². The van der Waals surface area contributed by atoms with E-state index in [1.807, 2.05) is 27.9 Å². The Balaban J connectivity index is 2.76. The number of nitrogens with zero attached hydrogens (tertiary/aromatic N) is 4. The van der Waals surface area contributed by atoms with Crippen molar-refractivity contribution in [3.8, 4) is 0 Å². The van der Waals surface area contributed by atoms with E-state index in [1.54, 1.807) is 29.5 Å². The minimum Gasteiger partial charge on any atom is -0.367 e. The van der Waals surface area contributed by atoms with Gasteiger partial charge in [-0.15, -0.1) is 11.3 Å². The zero-order valence-electron chi connectivity index (χ0n) is 11.2. The van der Waals surface area contributed by atoms with E-state index in [4.69, 9.17) is 0 Å². The maximum atomic E-state index is 12.4. The first-order chi connectivity index (χ1) is 8.41.